The van der Waals surface area contributed by atoms with E-state index in [9.17, 15) is 0 Å². The van der Waals surface area contributed by atoms with Crippen LogP contribution in [0, 0.1) is 55.4 Å². The van der Waals surface area contributed by atoms with Gasteiger partial charge in [-0.05, 0) is 170 Å². The third-order valence-electron chi connectivity index (χ3n) is 10.8. The Morgan fingerprint density at radius 3 is 0.735 bits per heavy atom. The summed E-state index contributed by atoms with van der Waals surface area (Å²) in [5.41, 5.74) is 21.9. The van der Waals surface area contributed by atoms with Gasteiger partial charge in [0.2, 0.25) is 0 Å². The molecule has 4 nitrogen and oxygen atoms in total. The van der Waals surface area contributed by atoms with E-state index in [0.717, 1.165) is 88.6 Å². The van der Waals surface area contributed by atoms with Crippen molar-refractivity contribution in [3.63, 3.8) is 0 Å². The Morgan fingerprint density at radius 2 is 0.510 bits per heavy atom. The van der Waals surface area contributed by atoms with Gasteiger partial charge >= 0.3 is 17.1 Å². The molecule has 0 saturated carbocycles. The van der Waals surface area contributed by atoms with Crippen LogP contribution in [0.5, 0.6) is 0 Å². The smallest absolute Gasteiger partial charge is 0.657 e. The van der Waals surface area contributed by atoms with Gasteiger partial charge in [-0.3, -0.25) is 0 Å². The maximum atomic E-state index is 5.31. The van der Waals surface area contributed by atoms with Crippen molar-refractivity contribution < 1.29 is 17.1 Å². The Kier molecular flexibility index (Phi) is 7.05. The molecule has 0 spiro atoms. The van der Waals surface area contributed by atoms with E-state index < -0.39 is 0 Å². The fourth-order valence-electron chi connectivity index (χ4n) is 7.36. The molecule has 2 aliphatic rings. The summed E-state index contributed by atoms with van der Waals surface area (Å²) in [5.74, 6) is 0. The summed E-state index contributed by atoms with van der Waals surface area (Å²) in [7, 11) is 0. The third-order valence-corrected chi connectivity index (χ3v) is 10.8. The van der Waals surface area contributed by atoms with E-state index in [0.29, 0.717) is 0 Å². The zero-order valence-corrected chi connectivity index (χ0v) is 30.0. The van der Waals surface area contributed by atoms with Gasteiger partial charge in [0.1, 0.15) is 0 Å². The third kappa shape index (κ3) is 4.79. The summed E-state index contributed by atoms with van der Waals surface area (Å²) in [5, 5.41) is 4.53. The predicted octanol–water partition coefficient (Wildman–Crippen LogP) is 11.0. The van der Waals surface area contributed by atoms with Crippen molar-refractivity contribution in [3.8, 4) is 45.0 Å². The molecule has 9 rings (SSSR count). The summed E-state index contributed by atoms with van der Waals surface area (Å²) in [6.07, 6.45) is 0. The zero-order valence-electron chi connectivity index (χ0n) is 29.0. The molecule has 0 amide bonds. The van der Waals surface area contributed by atoms with E-state index in [1.807, 2.05) is 0 Å². The van der Waals surface area contributed by atoms with Gasteiger partial charge in [0, 0.05) is 22.3 Å². The molecule has 0 unspecified atom stereocenters. The van der Waals surface area contributed by atoms with Crippen molar-refractivity contribution in [3.05, 3.63) is 117 Å². The topological polar surface area (TPSA) is 54.0 Å². The van der Waals surface area contributed by atoms with Crippen LogP contribution in [0.25, 0.3) is 88.6 Å². The molecule has 49 heavy (non-hydrogen) atoms. The molecule has 5 heterocycles. The summed E-state index contributed by atoms with van der Waals surface area (Å²) in [6.45, 7) is 17.4. The van der Waals surface area contributed by atoms with Crippen LogP contribution in [0.4, 0.5) is 0 Å². The molecule has 0 aliphatic carbocycles. The maximum Gasteiger partial charge on any atom is 2.00 e. The van der Waals surface area contributed by atoms with E-state index >= 15 is 0 Å². The van der Waals surface area contributed by atoms with Crippen LogP contribution in [0.3, 0.4) is 0 Å². The first-order chi connectivity index (χ1) is 23.0. The van der Waals surface area contributed by atoms with Gasteiger partial charge in [0.25, 0.3) is 0 Å². The normalized spacial score (nSPS) is 11.9. The van der Waals surface area contributed by atoms with E-state index in [2.05, 4.69) is 128 Å². The molecule has 2 aliphatic heterocycles. The monoisotopic (exact) mass is 683 g/mol. The first kappa shape index (κ1) is 31.3. The molecule has 4 aromatic carbocycles. The minimum Gasteiger partial charge on any atom is -0.657 e. The fraction of sp³-hybridized carbons (Fsp3) is 0.182. The Bertz CT molecular complexity index is 2390. The molecule has 1 radical (unpaired) electrons. The second-order valence-electron chi connectivity index (χ2n) is 14.0. The van der Waals surface area contributed by atoms with Crippen molar-refractivity contribution >= 4 is 43.6 Å². The molecule has 0 N–H and O–H groups in total. The van der Waals surface area contributed by atoms with Crippen LogP contribution in [0.1, 0.15) is 44.5 Å². The average Bonchev–Trinajstić information content (AvgIpc) is 3.74. The number of hydrogen-bond donors (Lipinski definition) is 0. The Labute approximate surface area is 297 Å². The number of nitrogens with zero attached hydrogens (tertiary/aromatic N) is 4. The SMILES string of the molecule is Cc1cc2c(cc1C)-c1cc3[n-]c(cc4nc(cc5[n-]c(cc-2n1)c1cc(C)c(C)cc51)-c1cc(C)c(C)cc1-4)c1cc(C)c(C)cc31.[Cu+2]. The Morgan fingerprint density at radius 1 is 0.306 bits per heavy atom. The fourth-order valence-corrected chi connectivity index (χ4v) is 7.36. The largest absolute Gasteiger partial charge is 2.00 e. The number of hydrogen-bond acceptors (Lipinski definition) is 2. The van der Waals surface area contributed by atoms with Crippen molar-refractivity contribution in [2.75, 3.05) is 0 Å². The number of benzene rings is 4. The molecular weight excluding hydrogens is 648 g/mol. The average molecular weight is 684 g/mol. The van der Waals surface area contributed by atoms with Gasteiger partial charge < -0.3 is 9.97 Å². The predicted molar refractivity (Wildman–Crippen MR) is 201 cm³/mol. The second kappa shape index (κ2) is 11.0. The number of aromatic nitrogens is 4. The summed E-state index contributed by atoms with van der Waals surface area (Å²) < 4.78 is 0. The number of fused-ring (bicyclic) bond motifs is 20. The van der Waals surface area contributed by atoms with Gasteiger partial charge in [-0.15, -0.1) is 22.1 Å². The number of aryl methyl sites for hydroxylation is 8. The summed E-state index contributed by atoms with van der Waals surface area (Å²) >= 11 is 0. The molecule has 7 aromatic rings. The molecule has 8 bridgehead atoms. The van der Waals surface area contributed by atoms with E-state index in [1.165, 1.54) is 44.5 Å². The molecule has 0 atom stereocenters. The zero-order chi connectivity index (χ0) is 33.2. The van der Waals surface area contributed by atoms with Crippen LogP contribution in [-0.4, -0.2) is 9.97 Å². The van der Waals surface area contributed by atoms with E-state index in [1.54, 1.807) is 0 Å². The first-order valence-electron chi connectivity index (χ1n) is 16.7. The molecule has 5 heteroatoms. The quantitative estimate of drug-likeness (QED) is 0.149. The van der Waals surface area contributed by atoms with Gasteiger partial charge in [-0.2, -0.15) is 0 Å². The number of rotatable bonds is 0. The van der Waals surface area contributed by atoms with Crippen LogP contribution >= 0.6 is 0 Å². The van der Waals surface area contributed by atoms with Gasteiger partial charge in [0.05, 0.1) is 22.8 Å². The van der Waals surface area contributed by atoms with Gasteiger partial charge in [-0.1, -0.05) is 24.3 Å². The van der Waals surface area contributed by atoms with Crippen molar-refractivity contribution in [2.45, 2.75) is 55.4 Å². The molecular formula is C44H36CuN4. The standard InChI is InChI=1S/C44H36N4.Cu/c1-21-9-29-30(10-22(21)2)38-18-40-33-13-25(5)26(6)14-34(33)42(47-40)20-44-36-16-28(8)27(7)15-35(36)43(48-44)19-41-32-12-24(4)23(3)11-31(32)39(46-41)17-37(29)45-38;/h9-20H,1-8H3;/q-2;+2. The minimum atomic E-state index is 0. The van der Waals surface area contributed by atoms with Crippen molar-refractivity contribution in [2.24, 2.45) is 0 Å². The van der Waals surface area contributed by atoms with Crippen LogP contribution in [0.15, 0.2) is 72.8 Å². The maximum absolute atomic E-state index is 5.31. The van der Waals surface area contributed by atoms with Crippen LogP contribution in [0.2, 0.25) is 0 Å². The molecule has 243 valence electrons. The van der Waals surface area contributed by atoms with Gasteiger partial charge in [-0.25, -0.2) is 9.97 Å². The molecule has 0 fully saturated rings. The van der Waals surface area contributed by atoms with E-state index in [-0.39, 0.29) is 17.1 Å². The Hall–Kier alpha value is -4.96. The Balaban J connectivity index is 0.00000348. The summed E-state index contributed by atoms with van der Waals surface area (Å²) in [4.78, 5) is 21.3. The van der Waals surface area contributed by atoms with Crippen molar-refractivity contribution in [1.82, 2.24) is 19.9 Å². The summed E-state index contributed by atoms with van der Waals surface area (Å²) in [6, 6.07) is 26.9. The van der Waals surface area contributed by atoms with Gasteiger partial charge in [0.15, 0.2) is 0 Å². The minimum absolute atomic E-state index is 0. The first-order valence-corrected chi connectivity index (χ1v) is 16.7. The molecule has 3 aromatic heterocycles. The van der Waals surface area contributed by atoms with Crippen LogP contribution < -0.4 is 9.97 Å². The second-order valence-corrected chi connectivity index (χ2v) is 14.0. The van der Waals surface area contributed by atoms with E-state index in [4.69, 9.17) is 19.9 Å². The van der Waals surface area contributed by atoms with Crippen LogP contribution in [-0.2, 0) is 17.1 Å². The molecule has 0 saturated heterocycles. The van der Waals surface area contributed by atoms with Crippen molar-refractivity contribution in [1.29, 1.82) is 0 Å².